The summed E-state index contributed by atoms with van der Waals surface area (Å²) in [6, 6.07) is 4.85. The standard InChI is InChI=1S/C15H20N2O2/c1-18-14-7-10-9-16-11-5-3-4-6-12(11)17-13(10)8-15(14)19-2/h7-9,11-12,17H,3-6H2,1-2H3/t11-,12-/m1/s1. The van der Waals surface area contributed by atoms with Crippen LogP contribution in [0.4, 0.5) is 5.69 Å². The summed E-state index contributed by atoms with van der Waals surface area (Å²) in [7, 11) is 3.32. The minimum atomic E-state index is 0.401. The van der Waals surface area contributed by atoms with Gasteiger partial charge < -0.3 is 14.8 Å². The fourth-order valence-corrected chi connectivity index (χ4v) is 2.96. The highest BCUT2D eigenvalue weighted by atomic mass is 16.5. The summed E-state index contributed by atoms with van der Waals surface area (Å²) in [4.78, 5) is 4.73. The van der Waals surface area contributed by atoms with Crippen LogP contribution in [-0.4, -0.2) is 32.5 Å². The van der Waals surface area contributed by atoms with Crippen LogP contribution in [-0.2, 0) is 0 Å². The predicted molar refractivity (Wildman–Crippen MR) is 76.8 cm³/mol. The Bertz CT molecular complexity index is 499. The molecular formula is C15H20N2O2. The van der Waals surface area contributed by atoms with Gasteiger partial charge >= 0.3 is 0 Å². The summed E-state index contributed by atoms with van der Waals surface area (Å²) in [5.41, 5.74) is 2.17. The molecule has 1 aliphatic carbocycles. The van der Waals surface area contributed by atoms with Crippen LogP contribution < -0.4 is 14.8 Å². The van der Waals surface area contributed by atoms with E-state index >= 15 is 0 Å². The summed E-state index contributed by atoms with van der Waals surface area (Å²) in [5, 5.41) is 3.63. The Balaban J connectivity index is 1.99. The highest BCUT2D eigenvalue weighted by molar-refractivity contribution is 5.90. The lowest BCUT2D eigenvalue weighted by molar-refractivity contribution is 0.355. The van der Waals surface area contributed by atoms with Crippen molar-refractivity contribution < 1.29 is 9.47 Å². The van der Waals surface area contributed by atoms with Crippen molar-refractivity contribution in [3.63, 3.8) is 0 Å². The topological polar surface area (TPSA) is 42.9 Å². The van der Waals surface area contributed by atoms with Gasteiger partial charge in [0.2, 0.25) is 0 Å². The monoisotopic (exact) mass is 260 g/mol. The number of benzene rings is 1. The number of nitrogens with zero attached hydrogens (tertiary/aromatic N) is 1. The number of methoxy groups -OCH3 is 2. The molecule has 0 radical (unpaired) electrons. The third-order valence-corrected chi connectivity index (χ3v) is 4.03. The molecule has 102 valence electrons. The van der Waals surface area contributed by atoms with Gasteiger partial charge in [0, 0.05) is 29.6 Å². The van der Waals surface area contributed by atoms with Crippen LogP contribution in [0.5, 0.6) is 11.5 Å². The molecule has 1 aliphatic heterocycles. The molecule has 0 spiro atoms. The number of hydrogen-bond acceptors (Lipinski definition) is 4. The number of rotatable bonds is 2. The van der Waals surface area contributed by atoms with E-state index in [-0.39, 0.29) is 0 Å². The first-order chi connectivity index (χ1) is 9.31. The molecule has 0 unspecified atom stereocenters. The number of ether oxygens (including phenoxy) is 2. The predicted octanol–water partition coefficient (Wildman–Crippen LogP) is 2.86. The van der Waals surface area contributed by atoms with Crippen molar-refractivity contribution in [1.29, 1.82) is 0 Å². The fourth-order valence-electron chi connectivity index (χ4n) is 2.96. The summed E-state index contributed by atoms with van der Waals surface area (Å²) < 4.78 is 10.7. The molecule has 1 aromatic carbocycles. The van der Waals surface area contributed by atoms with Crippen LogP contribution in [0.25, 0.3) is 0 Å². The third kappa shape index (κ3) is 2.27. The molecule has 0 saturated heterocycles. The van der Waals surface area contributed by atoms with E-state index in [9.17, 15) is 0 Å². The Hall–Kier alpha value is -1.71. The zero-order valence-corrected chi connectivity index (χ0v) is 11.5. The molecule has 4 heteroatoms. The molecule has 0 aromatic heterocycles. The lowest BCUT2D eigenvalue weighted by atomic mass is 9.91. The molecule has 0 bridgehead atoms. The van der Waals surface area contributed by atoms with Crippen molar-refractivity contribution in [3.8, 4) is 11.5 Å². The van der Waals surface area contributed by atoms with Crippen LogP contribution in [0.1, 0.15) is 31.2 Å². The average Bonchev–Trinajstić information content (AvgIpc) is 2.64. The third-order valence-electron chi connectivity index (χ3n) is 4.03. The van der Waals surface area contributed by atoms with Crippen molar-refractivity contribution in [1.82, 2.24) is 0 Å². The van der Waals surface area contributed by atoms with Gasteiger partial charge in [-0.3, -0.25) is 4.99 Å². The number of nitrogens with one attached hydrogen (secondary N) is 1. The maximum atomic E-state index is 5.37. The van der Waals surface area contributed by atoms with E-state index in [1.807, 2.05) is 18.3 Å². The van der Waals surface area contributed by atoms with Gasteiger partial charge in [-0.25, -0.2) is 0 Å². The van der Waals surface area contributed by atoms with Gasteiger partial charge in [-0.15, -0.1) is 0 Å². The summed E-state index contributed by atoms with van der Waals surface area (Å²) in [6.45, 7) is 0. The van der Waals surface area contributed by atoms with Gasteiger partial charge in [-0.2, -0.15) is 0 Å². The molecule has 3 rings (SSSR count). The average molecular weight is 260 g/mol. The van der Waals surface area contributed by atoms with Crippen molar-refractivity contribution >= 4 is 11.9 Å². The minimum absolute atomic E-state index is 0.401. The highest BCUT2D eigenvalue weighted by Crippen LogP contribution is 2.36. The van der Waals surface area contributed by atoms with Crippen LogP contribution in [0.3, 0.4) is 0 Å². The first-order valence-corrected chi connectivity index (χ1v) is 6.87. The zero-order valence-electron chi connectivity index (χ0n) is 11.5. The molecule has 1 N–H and O–H groups in total. The molecule has 2 aliphatic rings. The lowest BCUT2D eigenvalue weighted by Crippen LogP contribution is -2.34. The number of fused-ring (bicyclic) bond motifs is 2. The zero-order chi connectivity index (χ0) is 13.2. The van der Waals surface area contributed by atoms with E-state index in [1.165, 1.54) is 25.7 Å². The number of aliphatic imine (C=N–C) groups is 1. The van der Waals surface area contributed by atoms with Gasteiger partial charge in [-0.1, -0.05) is 12.8 Å². The van der Waals surface area contributed by atoms with Crippen LogP contribution >= 0.6 is 0 Å². The molecule has 19 heavy (non-hydrogen) atoms. The molecule has 1 heterocycles. The largest absolute Gasteiger partial charge is 0.493 e. The van der Waals surface area contributed by atoms with E-state index in [2.05, 4.69) is 5.32 Å². The van der Waals surface area contributed by atoms with Gasteiger partial charge in [0.15, 0.2) is 11.5 Å². The second-order valence-corrected chi connectivity index (χ2v) is 5.18. The molecule has 1 aromatic rings. The van der Waals surface area contributed by atoms with Crippen molar-refractivity contribution in [2.45, 2.75) is 37.8 Å². The molecule has 0 amide bonds. The van der Waals surface area contributed by atoms with Crippen LogP contribution in [0, 0.1) is 0 Å². The first kappa shape index (κ1) is 12.3. The van der Waals surface area contributed by atoms with E-state index in [0.29, 0.717) is 12.1 Å². The summed E-state index contributed by atoms with van der Waals surface area (Å²) in [6.07, 6.45) is 6.90. The van der Waals surface area contributed by atoms with Gasteiger partial charge in [-0.05, 0) is 18.9 Å². The van der Waals surface area contributed by atoms with E-state index in [1.54, 1.807) is 14.2 Å². The Kier molecular flexibility index (Phi) is 3.32. The van der Waals surface area contributed by atoms with Crippen molar-refractivity contribution in [2.75, 3.05) is 19.5 Å². The summed E-state index contributed by atoms with van der Waals surface area (Å²) >= 11 is 0. The Morgan fingerprint density at radius 3 is 2.63 bits per heavy atom. The van der Waals surface area contributed by atoms with E-state index in [0.717, 1.165) is 22.7 Å². The quantitative estimate of drug-likeness (QED) is 0.889. The fraction of sp³-hybridized carbons (Fsp3) is 0.533. The van der Waals surface area contributed by atoms with Gasteiger partial charge in [0.25, 0.3) is 0 Å². The Morgan fingerprint density at radius 2 is 1.84 bits per heavy atom. The maximum Gasteiger partial charge on any atom is 0.162 e. The molecular weight excluding hydrogens is 240 g/mol. The molecule has 1 fully saturated rings. The normalized spacial score (nSPS) is 24.7. The van der Waals surface area contributed by atoms with Gasteiger partial charge in [0.05, 0.1) is 20.3 Å². The summed E-state index contributed by atoms with van der Waals surface area (Å²) in [5.74, 6) is 1.51. The van der Waals surface area contributed by atoms with Crippen molar-refractivity contribution in [2.24, 2.45) is 4.99 Å². The minimum Gasteiger partial charge on any atom is -0.493 e. The first-order valence-electron chi connectivity index (χ1n) is 6.87. The number of hydrogen-bond donors (Lipinski definition) is 1. The Morgan fingerprint density at radius 1 is 1.11 bits per heavy atom. The second kappa shape index (κ2) is 5.11. The van der Waals surface area contributed by atoms with Gasteiger partial charge in [0.1, 0.15) is 0 Å². The SMILES string of the molecule is COc1cc2c(cc1OC)N[C@@H]1CCCC[C@H]1N=C2. The lowest BCUT2D eigenvalue weighted by Gasteiger charge is -2.29. The molecule has 4 nitrogen and oxygen atoms in total. The number of anilines is 1. The van der Waals surface area contributed by atoms with Crippen LogP contribution in [0.2, 0.25) is 0 Å². The second-order valence-electron chi connectivity index (χ2n) is 5.18. The maximum absolute atomic E-state index is 5.37. The smallest absolute Gasteiger partial charge is 0.162 e. The molecule has 2 atom stereocenters. The van der Waals surface area contributed by atoms with E-state index < -0.39 is 0 Å². The van der Waals surface area contributed by atoms with Crippen LogP contribution in [0.15, 0.2) is 17.1 Å². The highest BCUT2D eigenvalue weighted by Gasteiger charge is 2.27. The van der Waals surface area contributed by atoms with Crippen molar-refractivity contribution in [3.05, 3.63) is 17.7 Å². The molecule has 1 saturated carbocycles. The van der Waals surface area contributed by atoms with E-state index in [4.69, 9.17) is 14.5 Å². The Labute approximate surface area is 113 Å².